The number of ether oxygens (including phenoxy) is 3. The van der Waals surface area contributed by atoms with E-state index < -0.39 is 0 Å². The van der Waals surface area contributed by atoms with E-state index >= 15 is 0 Å². The van der Waals surface area contributed by atoms with Crippen molar-refractivity contribution in [3.63, 3.8) is 0 Å². The highest BCUT2D eigenvalue weighted by Gasteiger charge is 2.13. The lowest BCUT2D eigenvalue weighted by Crippen LogP contribution is -2.08. The molecule has 3 aromatic rings. The van der Waals surface area contributed by atoms with Gasteiger partial charge in [-0.15, -0.1) is 0 Å². The second-order valence-electron chi connectivity index (χ2n) is 5.47. The molecule has 2 heterocycles. The van der Waals surface area contributed by atoms with Crippen molar-refractivity contribution in [2.24, 2.45) is 0 Å². The number of hydrogen-bond acceptors (Lipinski definition) is 8. The molecule has 1 N–H and O–H groups in total. The number of methoxy groups -OCH3 is 2. The van der Waals surface area contributed by atoms with Crippen LogP contribution in [0, 0.1) is 0 Å². The van der Waals surface area contributed by atoms with Crippen LogP contribution in [0.5, 0.6) is 23.1 Å². The smallest absolute Gasteiger partial charge is 0.267 e. The van der Waals surface area contributed by atoms with Gasteiger partial charge >= 0.3 is 0 Å². The molecule has 0 aliphatic rings. The van der Waals surface area contributed by atoms with Crippen molar-refractivity contribution in [2.75, 3.05) is 26.1 Å². The molecule has 0 amide bonds. The predicted molar refractivity (Wildman–Crippen MR) is 106 cm³/mol. The average Bonchev–Trinajstić information content (AvgIpc) is 2.70. The third-order valence-corrected chi connectivity index (χ3v) is 4.28. The maximum absolute atomic E-state index is 5.98. The minimum atomic E-state index is 0.190. The van der Waals surface area contributed by atoms with Crippen LogP contribution in [0.2, 0.25) is 10.3 Å². The summed E-state index contributed by atoms with van der Waals surface area (Å²) >= 11 is 12.0. The maximum atomic E-state index is 5.98. The van der Waals surface area contributed by atoms with Crippen molar-refractivity contribution in [1.29, 1.82) is 0 Å². The highest BCUT2D eigenvalue weighted by atomic mass is 35.5. The summed E-state index contributed by atoms with van der Waals surface area (Å²) in [7, 11) is 3.00. The molecule has 10 heteroatoms. The number of halogens is 2. The first-order valence-electron chi connectivity index (χ1n) is 8.22. The first kappa shape index (κ1) is 19.9. The van der Waals surface area contributed by atoms with Crippen molar-refractivity contribution >= 4 is 29.0 Å². The molecule has 0 aliphatic carbocycles. The maximum Gasteiger partial charge on any atom is 0.267 e. The van der Waals surface area contributed by atoms with Crippen LogP contribution in [0.15, 0.2) is 36.9 Å². The van der Waals surface area contributed by atoms with Gasteiger partial charge in [-0.25, -0.2) is 15.0 Å². The third kappa shape index (κ3) is 4.71. The Bertz CT molecular complexity index is 941. The van der Waals surface area contributed by atoms with Gasteiger partial charge in [-0.1, -0.05) is 35.3 Å². The van der Waals surface area contributed by atoms with Crippen molar-refractivity contribution in [3.8, 4) is 23.1 Å². The lowest BCUT2D eigenvalue weighted by molar-refractivity contribution is 0.367. The molecule has 0 saturated carbocycles. The summed E-state index contributed by atoms with van der Waals surface area (Å²) in [4.78, 5) is 15.9. The molecule has 0 saturated heterocycles. The van der Waals surface area contributed by atoms with Gasteiger partial charge in [0.15, 0.2) is 21.9 Å². The Labute approximate surface area is 171 Å². The Hall–Kier alpha value is -2.84. The zero-order valence-electron chi connectivity index (χ0n) is 15.1. The molecule has 3 rings (SSSR count). The summed E-state index contributed by atoms with van der Waals surface area (Å²) in [6.07, 6.45) is 3.45. The molecular formula is C18H17Cl2N5O3. The van der Waals surface area contributed by atoms with Gasteiger partial charge in [0.25, 0.3) is 5.88 Å². The van der Waals surface area contributed by atoms with Gasteiger partial charge in [-0.3, -0.25) is 0 Å². The lowest BCUT2D eigenvalue weighted by Gasteiger charge is -2.11. The van der Waals surface area contributed by atoms with Crippen molar-refractivity contribution in [1.82, 2.24) is 19.9 Å². The Morgan fingerprint density at radius 1 is 0.857 bits per heavy atom. The molecular weight excluding hydrogens is 405 g/mol. The fourth-order valence-corrected chi connectivity index (χ4v) is 2.81. The number of aromatic nitrogens is 4. The Morgan fingerprint density at radius 2 is 1.50 bits per heavy atom. The van der Waals surface area contributed by atoms with E-state index in [2.05, 4.69) is 25.3 Å². The summed E-state index contributed by atoms with van der Waals surface area (Å²) in [5.41, 5.74) is 1.10. The van der Waals surface area contributed by atoms with Crippen molar-refractivity contribution in [3.05, 3.63) is 52.8 Å². The molecule has 2 aromatic heterocycles. The normalized spacial score (nSPS) is 10.4. The quantitative estimate of drug-likeness (QED) is 0.544. The molecule has 0 unspecified atom stereocenters. The van der Waals surface area contributed by atoms with E-state index in [1.165, 1.54) is 26.9 Å². The molecule has 0 fully saturated rings. The number of nitrogens with zero attached hydrogens (tertiary/aromatic N) is 4. The number of anilines is 1. The van der Waals surface area contributed by atoms with E-state index in [1.54, 1.807) is 0 Å². The molecule has 0 bridgehead atoms. The van der Waals surface area contributed by atoms with Crippen LogP contribution < -0.4 is 19.5 Å². The van der Waals surface area contributed by atoms with E-state index in [0.29, 0.717) is 23.9 Å². The van der Waals surface area contributed by atoms with E-state index in [1.807, 2.05) is 24.3 Å². The zero-order chi connectivity index (χ0) is 19.9. The van der Waals surface area contributed by atoms with Gasteiger partial charge in [0.05, 0.1) is 14.2 Å². The van der Waals surface area contributed by atoms with Gasteiger partial charge in [-0.2, -0.15) is 4.98 Å². The number of nitrogens with one attached hydrogen (secondary N) is 1. The summed E-state index contributed by atoms with van der Waals surface area (Å²) in [6.45, 7) is 0.638. The third-order valence-electron chi connectivity index (χ3n) is 3.74. The van der Waals surface area contributed by atoms with E-state index in [9.17, 15) is 0 Å². The second kappa shape index (κ2) is 9.38. The largest absolute Gasteiger partial charge is 0.490 e. The van der Waals surface area contributed by atoms with Crippen LogP contribution >= 0.6 is 23.2 Å². The molecule has 146 valence electrons. The Kier molecular flexibility index (Phi) is 6.67. The zero-order valence-corrected chi connectivity index (χ0v) is 16.7. The first-order valence-corrected chi connectivity index (χ1v) is 8.97. The molecule has 0 aliphatic heterocycles. The van der Waals surface area contributed by atoms with Gasteiger partial charge in [-0.05, 0) is 24.1 Å². The van der Waals surface area contributed by atoms with Crippen LogP contribution in [-0.2, 0) is 6.42 Å². The van der Waals surface area contributed by atoms with Gasteiger partial charge in [0.1, 0.15) is 18.4 Å². The monoisotopic (exact) mass is 421 g/mol. The molecule has 0 radical (unpaired) electrons. The second-order valence-corrected chi connectivity index (χ2v) is 6.19. The number of rotatable bonds is 8. The van der Waals surface area contributed by atoms with Gasteiger partial charge < -0.3 is 19.5 Å². The van der Waals surface area contributed by atoms with Gasteiger partial charge in [0, 0.05) is 6.54 Å². The highest BCUT2D eigenvalue weighted by Crippen LogP contribution is 2.33. The first-order chi connectivity index (χ1) is 13.6. The standard InChI is InChI=1S/C18H17Cl2N5O3/c1-26-13-15(19)22-9-24-17(13)21-8-7-11-3-5-12(6-4-11)28-18-14(27-2)16(20)23-10-25-18/h3-6,9-10H,7-8H2,1-2H3,(H,21,22,24). The van der Waals surface area contributed by atoms with E-state index in [-0.39, 0.29) is 21.9 Å². The lowest BCUT2D eigenvalue weighted by atomic mass is 10.1. The topological polar surface area (TPSA) is 91.3 Å². The van der Waals surface area contributed by atoms with Crippen molar-refractivity contribution < 1.29 is 14.2 Å². The van der Waals surface area contributed by atoms with Crippen LogP contribution in [0.25, 0.3) is 0 Å². The Balaban J connectivity index is 1.60. The minimum Gasteiger partial charge on any atom is -0.490 e. The van der Waals surface area contributed by atoms with Crippen LogP contribution in [-0.4, -0.2) is 40.7 Å². The fraction of sp³-hybridized carbons (Fsp3) is 0.222. The number of benzene rings is 1. The highest BCUT2D eigenvalue weighted by molar-refractivity contribution is 6.31. The van der Waals surface area contributed by atoms with Crippen molar-refractivity contribution in [2.45, 2.75) is 6.42 Å². The van der Waals surface area contributed by atoms with E-state index in [0.717, 1.165) is 12.0 Å². The Morgan fingerprint density at radius 3 is 2.18 bits per heavy atom. The summed E-state index contributed by atoms with van der Waals surface area (Å²) in [5.74, 6) is 2.12. The fourth-order valence-electron chi connectivity index (χ4n) is 2.40. The molecule has 8 nitrogen and oxygen atoms in total. The van der Waals surface area contributed by atoms with E-state index in [4.69, 9.17) is 37.4 Å². The van der Waals surface area contributed by atoms with Gasteiger partial charge in [0.2, 0.25) is 5.75 Å². The summed E-state index contributed by atoms with van der Waals surface area (Å²) in [6, 6.07) is 7.59. The van der Waals surface area contributed by atoms with Crippen LogP contribution in [0.4, 0.5) is 5.82 Å². The number of hydrogen-bond donors (Lipinski definition) is 1. The molecule has 0 atom stereocenters. The average molecular weight is 422 g/mol. The molecule has 0 spiro atoms. The minimum absolute atomic E-state index is 0.190. The SMILES string of the molecule is COc1c(Cl)ncnc1NCCc1ccc(Oc2ncnc(Cl)c2OC)cc1. The summed E-state index contributed by atoms with van der Waals surface area (Å²) in [5, 5.41) is 3.65. The summed E-state index contributed by atoms with van der Waals surface area (Å²) < 4.78 is 16.1. The molecule has 1 aromatic carbocycles. The van der Waals surface area contributed by atoms with Crippen LogP contribution in [0.3, 0.4) is 0 Å². The van der Waals surface area contributed by atoms with Crippen LogP contribution in [0.1, 0.15) is 5.56 Å². The predicted octanol–water partition coefficient (Wildman–Crippen LogP) is 4.04. The molecule has 28 heavy (non-hydrogen) atoms.